The summed E-state index contributed by atoms with van der Waals surface area (Å²) in [5.41, 5.74) is 1.04. The van der Waals surface area contributed by atoms with Crippen molar-refractivity contribution in [1.82, 2.24) is 24.1 Å². The summed E-state index contributed by atoms with van der Waals surface area (Å²) in [6.07, 6.45) is 1.85. The van der Waals surface area contributed by atoms with Crippen molar-refractivity contribution >= 4 is 5.91 Å². The molecule has 0 bridgehead atoms. The van der Waals surface area contributed by atoms with Crippen LogP contribution in [0.15, 0.2) is 35.1 Å². The third kappa shape index (κ3) is 4.96. The summed E-state index contributed by atoms with van der Waals surface area (Å²) in [6, 6.07) is 9.96. The summed E-state index contributed by atoms with van der Waals surface area (Å²) in [5, 5.41) is 4.71. The van der Waals surface area contributed by atoms with E-state index in [1.165, 1.54) is 0 Å². The fourth-order valence-electron chi connectivity index (χ4n) is 4.13. The molecule has 2 aromatic rings. The van der Waals surface area contributed by atoms with Crippen LogP contribution in [0.1, 0.15) is 50.9 Å². The van der Waals surface area contributed by atoms with E-state index in [2.05, 4.69) is 4.90 Å². The Morgan fingerprint density at radius 3 is 2.34 bits per heavy atom. The van der Waals surface area contributed by atoms with Crippen LogP contribution in [0, 0.1) is 0 Å². The Morgan fingerprint density at radius 2 is 1.76 bits per heavy atom. The summed E-state index contributed by atoms with van der Waals surface area (Å²) in [6.45, 7) is 10.9. The van der Waals surface area contributed by atoms with Crippen LogP contribution in [0.4, 0.5) is 0 Å². The van der Waals surface area contributed by atoms with Gasteiger partial charge in [0.1, 0.15) is 5.82 Å². The molecule has 0 aliphatic carbocycles. The second-order valence-electron chi connectivity index (χ2n) is 7.64. The second kappa shape index (κ2) is 9.87. The number of rotatable bonds is 8. The number of hydrogen-bond acceptors (Lipinski definition) is 4. The van der Waals surface area contributed by atoms with E-state index in [-0.39, 0.29) is 17.5 Å². The number of piperidine rings is 1. The topological polar surface area (TPSA) is 63.4 Å². The van der Waals surface area contributed by atoms with E-state index in [0.717, 1.165) is 50.4 Å². The molecule has 3 rings (SSSR count). The maximum absolute atomic E-state index is 12.8. The van der Waals surface area contributed by atoms with Gasteiger partial charge in [-0.2, -0.15) is 5.10 Å². The largest absolute Gasteiger partial charge is 0.346 e. The Bertz CT molecular complexity index is 846. The third-order valence-electron chi connectivity index (χ3n) is 5.87. The highest BCUT2D eigenvalue weighted by Crippen LogP contribution is 2.26. The van der Waals surface area contributed by atoms with E-state index in [1.807, 2.05) is 60.6 Å². The van der Waals surface area contributed by atoms with E-state index >= 15 is 0 Å². The minimum absolute atomic E-state index is 0.0366. The first-order valence-electron chi connectivity index (χ1n) is 10.8. The van der Waals surface area contributed by atoms with Crippen LogP contribution >= 0.6 is 0 Å². The van der Waals surface area contributed by atoms with Gasteiger partial charge < -0.3 is 4.90 Å². The fraction of sp³-hybridized carbons (Fsp3) is 0.591. The van der Waals surface area contributed by atoms with Crippen molar-refractivity contribution < 1.29 is 4.79 Å². The molecule has 158 valence electrons. The van der Waals surface area contributed by atoms with Crippen molar-refractivity contribution in [2.45, 2.75) is 52.6 Å². The molecule has 1 aliphatic rings. The van der Waals surface area contributed by atoms with Crippen molar-refractivity contribution in [2.24, 2.45) is 0 Å². The lowest BCUT2D eigenvalue weighted by molar-refractivity contribution is -0.132. The number of carbonyl (C=O) groups excluding carboxylic acids is 1. The van der Waals surface area contributed by atoms with Crippen LogP contribution in [-0.4, -0.2) is 62.8 Å². The van der Waals surface area contributed by atoms with Gasteiger partial charge in [-0.25, -0.2) is 9.48 Å². The summed E-state index contributed by atoms with van der Waals surface area (Å²) >= 11 is 0. The number of aromatic nitrogens is 3. The zero-order valence-electron chi connectivity index (χ0n) is 17.9. The van der Waals surface area contributed by atoms with Crippen LogP contribution in [-0.2, 0) is 17.9 Å². The van der Waals surface area contributed by atoms with E-state index in [4.69, 9.17) is 5.10 Å². The highest BCUT2D eigenvalue weighted by Gasteiger charge is 2.27. The average Bonchev–Trinajstić information content (AvgIpc) is 3.05. The molecule has 1 aromatic carbocycles. The van der Waals surface area contributed by atoms with Gasteiger partial charge in [0, 0.05) is 25.6 Å². The van der Waals surface area contributed by atoms with Gasteiger partial charge >= 0.3 is 5.69 Å². The number of likely N-dealkylation sites (N-methyl/N-ethyl adjacent to an activating group) is 1. The first-order chi connectivity index (χ1) is 14.1. The molecule has 1 saturated heterocycles. The summed E-state index contributed by atoms with van der Waals surface area (Å²) < 4.78 is 3.40. The molecule has 1 amide bonds. The monoisotopic (exact) mass is 399 g/mol. The summed E-state index contributed by atoms with van der Waals surface area (Å²) in [5.74, 6) is 1.36. The number of benzene rings is 1. The van der Waals surface area contributed by atoms with Crippen LogP contribution in [0.5, 0.6) is 0 Å². The van der Waals surface area contributed by atoms with E-state index in [1.54, 1.807) is 4.68 Å². The lowest BCUT2D eigenvalue weighted by Gasteiger charge is -2.32. The minimum atomic E-state index is -0.0366. The predicted molar refractivity (Wildman–Crippen MR) is 114 cm³/mol. The Labute approximate surface area is 172 Å². The smallest absolute Gasteiger partial charge is 0.342 e. The molecule has 0 spiro atoms. The molecule has 0 radical (unpaired) electrons. The predicted octanol–water partition coefficient (Wildman–Crippen LogP) is 2.16. The van der Waals surface area contributed by atoms with Crippen molar-refractivity contribution in [1.29, 1.82) is 0 Å². The molecule has 29 heavy (non-hydrogen) atoms. The zero-order valence-corrected chi connectivity index (χ0v) is 17.9. The molecule has 0 saturated carbocycles. The SMILES string of the molecule is CCN(CC)C(=O)CN1CCC(c2nn(Cc3ccccc3)c(=O)n2CC)CC1. The molecular weight excluding hydrogens is 366 g/mol. The highest BCUT2D eigenvalue weighted by atomic mass is 16.2. The van der Waals surface area contributed by atoms with E-state index in [0.29, 0.717) is 19.6 Å². The Balaban J connectivity index is 1.66. The minimum Gasteiger partial charge on any atom is -0.342 e. The van der Waals surface area contributed by atoms with Crippen molar-refractivity contribution in [3.63, 3.8) is 0 Å². The van der Waals surface area contributed by atoms with Gasteiger partial charge in [-0.05, 0) is 52.3 Å². The van der Waals surface area contributed by atoms with Gasteiger partial charge in [-0.3, -0.25) is 14.3 Å². The maximum Gasteiger partial charge on any atom is 0.346 e. The van der Waals surface area contributed by atoms with Crippen LogP contribution < -0.4 is 5.69 Å². The van der Waals surface area contributed by atoms with Crippen molar-refractivity contribution in [3.05, 3.63) is 52.2 Å². The molecule has 7 nitrogen and oxygen atoms in total. The second-order valence-corrected chi connectivity index (χ2v) is 7.64. The molecule has 0 unspecified atom stereocenters. The molecular formula is C22H33N5O2. The quantitative estimate of drug-likeness (QED) is 0.682. The maximum atomic E-state index is 12.8. The number of nitrogens with zero attached hydrogens (tertiary/aromatic N) is 5. The van der Waals surface area contributed by atoms with Gasteiger partial charge in [0.25, 0.3) is 0 Å². The van der Waals surface area contributed by atoms with Gasteiger partial charge in [-0.1, -0.05) is 30.3 Å². The summed E-state index contributed by atoms with van der Waals surface area (Å²) in [4.78, 5) is 29.3. The fourth-order valence-corrected chi connectivity index (χ4v) is 4.13. The highest BCUT2D eigenvalue weighted by molar-refractivity contribution is 5.78. The Hall–Kier alpha value is -2.41. The Morgan fingerprint density at radius 1 is 1.10 bits per heavy atom. The van der Waals surface area contributed by atoms with Crippen molar-refractivity contribution in [2.75, 3.05) is 32.7 Å². The molecule has 1 fully saturated rings. The molecule has 0 atom stereocenters. The van der Waals surface area contributed by atoms with E-state index < -0.39 is 0 Å². The first-order valence-corrected chi connectivity index (χ1v) is 10.8. The Kier molecular flexibility index (Phi) is 7.25. The average molecular weight is 400 g/mol. The van der Waals surface area contributed by atoms with Gasteiger partial charge in [0.15, 0.2) is 0 Å². The van der Waals surface area contributed by atoms with Crippen LogP contribution in [0.2, 0.25) is 0 Å². The number of likely N-dealkylation sites (tertiary alicyclic amines) is 1. The van der Waals surface area contributed by atoms with Crippen LogP contribution in [0.25, 0.3) is 0 Å². The lowest BCUT2D eigenvalue weighted by Crippen LogP contribution is -2.43. The standard InChI is InChI=1S/C22H33N5O2/c1-4-25(5-2)20(28)17-24-14-12-19(13-15-24)21-23-27(22(29)26(21)6-3)16-18-10-8-7-9-11-18/h7-11,19H,4-6,12-17H2,1-3H3. The van der Waals surface area contributed by atoms with Gasteiger partial charge in [-0.15, -0.1) is 0 Å². The molecule has 0 N–H and O–H groups in total. The van der Waals surface area contributed by atoms with Crippen LogP contribution in [0.3, 0.4) is 0 Å². The molecule has 1 aliphatic heterocycles. The van der Waals surface area contributed by atoms with Gasteiger partial charge in [0.2, 0.25) is 5.91 Å². The molecule has 2 heterocycles. The lowest BCUT2D eigenvalue weighted by atomic mass is 9.96. The number of amides is 1. The van der Waals surface area contributed by atoms with Crippen molar-refractivity contribution in [3.8, 4) is 0 Å². The first kappa shape index (κ1) is 21.3. The van der Waals surface area contributed by atoms with E-state index in [9.17, 15) is 9.59 Å². The summed E-state index contributed by atoms with van der Waals surface area (Å²) in [7, 11) is 0. The molecule has 1 aromatic heterocycles. The number of carbonyl (C=O) groups is 1. The molecule has 7 heteroatoms. The van der Waals surface area contributed by atoms with Gasteiger partial charge in [0.05, 0.1) is 13.1 Å². The number of hydrogen-bond donors (Lipinski definition) is 0. The zero-order chi connectivity index (χ0) is 20.8. The third-order valence-corrected chi connectivity index (χ3v) is 5.87. The normalized spacial score (nSPS) is 15.6.